The second-order valence-electron chi connectivity index (χ2n) is 5.55. The van der Waals surface area contributed by atoms with Crippen LogP contribution in [0, 0.1) is 5.92 Å². The van der Waals surface area contributed by atoms with Crippen molar-refractivity contribution in [3.05, 3.63) is 18.1 Å². The maximum Gasteiger partial charge on any atom is 0.354 e. The van der Waals surface area contributed by atoms with Gasteiger partial charge >= 0.3 is 5.97 Å². The molecule has 1 aromatic heterocycles. The Bertz CT molecular complexity index is 490. The molecule has 1 atom stereocenters. The van der Waals surface area contributed by atoms with Crippen LogP contribution in [0.25, 0.3) is 0 Å². The Labute approximate surface area is 117 Å². The number of carbonyl (C=O) groups is 1. The van der Waals surface area contributed by atoms with Crippen LogP contribution < -0.4 is 4.90 Å². The number of aromatic carboxylic acids is 1. The van der Waals surface area contributed by atoms with Crippen LogP contribution in [0.1, 0.15) is 36.2 Å². The molecule has 1 aromatic rings. The zero-order valence-electron chi connectivity index (χ0n) is 11.4. The van der Waals surface area contributed by atoms with Crippen molar-refractivity contribution in [1.82, 2.24) is 9.97 Å². The minimum Gasteiger partial charge on any atom is -0.477 e. The predicted octanol–water partition coefficient (Wildman–Crippen LogP) is 1.57. The second-order valence-corrected chi connectivity index (χ2v) is 5.55. The molecule has 0 aromatic carbocycles. The van der Waals surface area contributed by atoms with Crippen LogP contribution in [0.4, 0.5) is 5.82 Å². The molecule has 3 rings (SSSR count). The Morgan fingerprint density at radius 3 is 3.00 bits per heavy atom. The standard InChI is InChI=1S/C14H19N3O3/c18-14(19)12-6-13(16-9-15-12)17-5-1-2-11(7-17)20-8-10-3-4-10/h6,9-11H,1-5,7-8H2,(H,18,19). The van der Waals surface area contributed by atoms with Crippen LogP contribution in [0.15, 0.2) is 12.4 Å². The van der Waals surface area contributed by atoms with E-state index in [0.29, 0.717) is 5.82 Å². The van der Waals surface area contributed by atoms with Crippen molar-refractivity contribution in [2.45, 2.75) is 31.8 Å². The van der Waals surface area contributed by atoms with E-state index in [0.717, 1.165) is 38.5 Å². The van der Waals surface area contributed by atoms with Crippen molar-refractivity contribution in [2.75, 3.05) is 24.6 Å². The van der Waals surface area contributed by atoms with Crippen molar-refractivity contribution < 1.29 is 14.6 Å². The zero-order chi connectivity index (χ0) is 13.9. The third-order valence-electron chi connectivity index (χ3n) is 3.84. The number of nitrogens with zero attached hydrogens (tertiary/aromatic N) is 3. The van der Waals surface area contributed by atoms with Gasteiger partial charge in [0, 0.05) is 25.8 Å². The van der Waals surface area contributed by atoms with Crippen molar-refractivity contribution in [3.63, 3.8) is 0 Å². The number of hydrogen-bond donors (Lipinski definition) is 1. The molecule has 6 heteroatoms. The Morgan fingerprint density at radius 1 is 1.40 bits per heavy atom. The smallest absolute Gasteiger partial charge is 0.354 e. The molecule has 108 valence electrons. The SMILES string of the molecule is O=C(O)c1cc(N2CCCC(OCC3CC3)C2)ncn1. The first kappa shape index (κ1) is 13.3. The molecule has 1 aliphatic heterocycles. The fraction of sp³-hybridized carbons (Fsp3) is 0.643. The lowest BCUT2D eigenvalue weighted by atomic mass is 10.1. The van der Waals surface area contributed by atoms with E-state index in [-0.39, 0.29) is 11.8 Å². The molecular weight excluding hydrogens is 258 g/mol. The monoisotopic (exact) mass is 277 g/mol. The first-order valence-corrected chi connectivity index (χ1v) is 7.14. The van der Waals surface area contributed by atoms with Gasteiger partial charge < -0.3 is 14.7 Å². The van der Waals surface area contributed by atoms with Gasteiger partial charge in [0.25, 0.3) is 0 Å². The van der Waals surface area contributed by atoms with Gasteiger partial charge in [-0.3, -0.25) is 0 Å². The Hall–Kier alpha value is -1.69. The number of ether oxygens (including phenoxy) is 1. The normalized spacial score (nSPS) is 22.8. The molecular formula is C14H19N3O3. The highest BCUT2D eigenvalue weighted by atomic mass is 16.5. The first-order chi connectivity index (χ1) is 9.72. The highest BCUT2D eigenvalue weighted by molar-refractivity contribution is 5.86. The van der Waals surface area contributed by atoms with Crippen LogP contribution in [-0.4, -0.2) is 46.8 Å². The molecule has 0 spiro atoms. The maximum absolute atomic E-state index is 11.0. The van der Waals surface area contributed by atoms with E-state index in [1.807, 2.05) is 0 Å². The highest BCUT2D eigenvalue weighted by Gasteiger charge is 2.26. The summed E-state index contributed by atoms with van der Waals surface area (Å²) < 4.78 is 5.93. The lowest BCUT2D eigenvalue weighted by Gasteiger charge is -2.33. The molecule has 2 aliphatic rings. The van der Waals surface area contributed by atoms with Gasteiger partial charge in [-0.2, -0.15) is 0 Å². The van der Waals surface area contributed by atoms with Crippen molar-refractivity contribution in [1.29, 1.82) is 0 Å². The number of rotatable bonds is 5. The third-order valence-corrected chi connectivity index (χ3v) is 3.84. The summed E-state index contributed by atoms with van der Waals surface area (Å²) >= 11 is 0. The summed E-state index contributed by atoms with van der Waals surface area (Å²) in [6, 6.07) is 1.53. The highest BCUT2D eigenvalue weighted by Crippen LogP contribution is 2.30. The zero-order valence-corrected chi connectivity index (χ0v) is 11.4. The topological polar surface area (TPSA) is 75.5 Å². The number of anilines is 1. The summed E-state index contributed by atoms with van der Waals surface area (Å²) in [5.41, 5.74) is 0.0380. The van der Waals surface area contributed by atoms with E-state index < -0.39 is 5.97 Å². The van der Waals surface area contributed by atoms with Gasteiger partial charge in [-0.05, 0) is 31.6 Å². The summed E-state index contributed by atoms with van der Waals surface area (Å²) in [5.74, 6) is 0.423. The summed E-state index contributed by atoms with van der Waals surface area (Å²) in [5, 5.41) is 8.98. The van der Waals surface area contributed by atoms with Gasteiger partial charge in [-0.15, -0.1) is 0 Å². The van der Waals surface area contributed by atoms with E-state index in [9.17, 15) is 4.79 Å². The van der Waals surface area contributed by atoms with Gasteiger partial charge in [0.1, 0.15) is 12.1 Å². The molecule has 0 amide bonds. The minimum atomic E-state index is -1.02. The molecule has 0 bridgehead atoms. The molecule has 1 aliphatic carbocycles. The number of carboxylic acids is 1. The largest absolute Gasteiger partial charge is 0.477 e. The van der Waals surface area contributed by atoms with Crippen LogP contribution in [0.3, 0.4) is 0 Å². The fourth-order valence-electron chi connectivity index (χ4n) is 2.48. The molecule has 6 nitrogen and oxygen atoms in total. The average Bonchev–Trinajstić information content (AvgIpc) is 3.30. The lowest BCUT2D eigenvalue weighted by Crippen LogP contribution is -2.40. The molecule has 20 heavy (non-hydrogen) atoms. The Balaban J connectivity index is 1.63. The Morgan fingerprint density at radius 2 is 2.25 bits per heavy atom. The van der Waals surface area contributed by atoms with Crippen molar-refractivity contribution in [3.8, 4) is 0 Å². The number of aromatic nitrogens is 2. The van der Waals surface area contributed by atoms with E-state index in [1.165, 1.54) is 25.2 Å². The van der Waals surface area contributed by atoms with Crippen LogP contribution >= 0.6 is 0 Å². The van der Waals surface area contributed by atoms with Gasteiger partial charge in [0.15, 0.2) is 5.69 Å². The van der Waals surface area contributed by atoms with Crippen LogP contribution in [0.5, 0.6) is 0 Å². The molecule has 1 unspecified atom stereocenters. The van der Waals surface area contributed by atoms with Crippen LogP contribution in [-0.2, 0) is 4.74 Å². The third kappa shape index (κ3) is 3.25. The summed E-state index contributed by atoms with van der Waals surface area (Å²) in [6.07, 6.45) is 6.25. The molecule has 1 N–H and O–H groups in total. The molecule has 2 fully saturated rings. The predicted molar refractivity (Wildman–Crippen MR) is 72.9 cm³/mol. The lowest BCUT2D eigenvalue weighted by molar-refractivity contribution is 0.0367. The maximum atomic E-state index is 11.0. The number of carboxylic acid groups (broad SMARTS) is 1. The van der Waals surface area contributed by atoms with Crippen molar-refractivity contribution in [2.24, 2.45) is 5.92 Å². The molecule has 2 heterocycles. The first-order valence-electron chi connectivity index (χ1n) is 7.14. The van der Waals surface area contributed by atoms with Crippen LogP contribution in [0.2, 0.25) is 0 Å². The summed E-state index contributed by atoms with van der Waals surface area (Å²) in [4.78, 5) is 21.0. The van der Waals surface area contributed by atoms with Gasteiger partial charge in [-0.25, -0.2) is 14.8 Å². The quantitative estimate of drug-likeness (QED) is 0.880. The van der Waals surface area contributed by atoms with E-state index >= 15 is 0 Å². The molecule has 1 saturated heterocycles. The summed E-state index contributed by atoms with van der Waals surface area (Å²) in [6.45, 7) is 2.53. The second kappa shape index (κ2) is 5.75. The number of hydrogen-bond acceptors (Lipinski definition) is 5. The van der Waals surface area contributed by atoms with E-state index in [2.05, 4.69) is 14.9 Å². The van der Waals surface area contributed by atoms with Gasteiger partial charge in [0.2, 0.25) is 0 Å². The van der Waals surface area contributed by atoms with E-state index in [1.54, 1.807) is 0 Å². The number of piperidine rings is 1. The van der Waals surface area contributed by atoms with Gasteiger partial charge in [0.05, 0.1) is 6.10 Å². The fourth-order valence-corrected chi connectivity index (χ4v) is 2.48. The van der Waals surface area contributed by atoms with Gasteiger partial charge in [-0.1, -0.05) is 0 Å². The average molecular weight is 277 g/mol. The minimum absolute atomic E-state index is 0.0380. The Kier molecular flexibility index (Phi) is 3.82. The molecule has 1 saturated carbocycles. The van der Waals surface area contributed by atoms with E-state index in [4.69, 9.17) is 9.84 Å². The van der Waals surface area contributed by atoms with Crippen molar-refractivity contribution >= 4 is 11.8 Å². The summed E-state index contributed by atoms with van der Waals surface area (Å²) in [7, 11) is 0. The molecule has 0 radical (unpaired) electrons.